The lowest BCUT2D eigenvalue weighted by Crippen LogP contribution is -1.85. The molecule has 0 spiro atoms. The van der Waals surface area contributed by atoms with Crippen LogP contribution in [0.4, 0.5) is 0 Å². The summed E-state index contributed by atoms with van der Waals surface area (Å²) < 4.78 is 5.33. The van der Waals surface area contributed by atoms with E-state index in [0.29, 0.717) is 0 Å². The van der Waals surface area contributed by atoms with Crippen LogP contribution in [0.3, 0.4) is 0 Å². The molecule has 12 heavy (non-hydrogen) atoms. The van der Waals surface area contributed by atoms with Crippen molar-refractivity contribution in [3.8, 4) is 5.75 Å². The third-order valence-electron chi connectivity index (χ3n) is 1.85. The van der Waals surface area contributed by atoms with Gasteiger partial charge in [-0.3, -0.25) is 4.79 Å². The van der Waals surface area contributed by atoms with Crippen LogP contribution in [0, 0.1) is 0 Å². The van der Waals surface area contributed by atoms with Crippen LogP contribution >= 0.6 is 11.8 Å². The van der Waals surface area contributed by atoms with Gasteiger partial charge in [0.15, 0.2) is 5.62 Å². The molecule has 0 fully saturated rings. The molecule has 0 N–H and O–H groups in total. The number of hydrogen-bond donors (Lipinski definition) is 0. The molecule has 1 aromatic rings. The van der Waals surface area contributed by atoms with Crippen LogP contribution in [-0.4, -0.2) is 12.2 Å². The predicted octanol–water partition coefficient (Wildman–Crippen LogP) is 1.90. The third-order valence-corrected chi connectivity index (χ3v) is 2.47. The summed E-state index contributed by atoms with van der Waals surface area (Å²) in [6.07, 6.45) is 0.961. The Morgan fingerprint density at radius 3 is 3.25 bits per heavy atom. The van der Waals surface area contributed by atoms with E-state index in [-0.39, 0.29) is 0 Å². The van der Waals surface area contributed by atoms with Gasteiger partial charge in [0.2, 0.25) is 0 Å². The van der Waals surface area contributed by atoms with Crippen LogP contribution < -0.4 is 4.74 Å². The van der Waals surface area contributed by atoms with E-state index in [9.17, 15) is 4.79 Å². The molecule has 0 radical (unpaired) electrons. The standard InChI is InChI=1S/C9H8O2S/c10-6-12-8-1-2-9-7(5-8)3-4-11-9/h1-2,5-6H,3-4H2. The molecule has 1 heterocycles. The Morgan fingerprint density at radius 1 is 1.50 bits per heavy atom. The van der Waals surface area contributed by atoms with Gasteiger partial charge in [0.1, 0.15) is 5.75 Å². The normalized spacial score (nSPS) is 13.7. The lowest BCUT2D eigenvalue weighted by atomic mass is 10.2. The molecule has 0 aliphatic carbocycles. The maximum Gasteiger partial charge on any atom is 0.180 e. The number of carbonyl (C=O) groups excluding carboxylic acids is 1. The molecule has 0 aromatic heterocycles. The highest BCUT2D eigenvalue weighted by molar-refractivity contribution is 8.11. The minimum atomic E-state index is 0.768. The molecule has 2 rings (SSSR count). The monoisotopic (exact) mass is 180 g/mol. The van der Waals surface area contributed by atoms with Crippen molar-refractivity contribution in [1.82, 2.24) is 0 Å². The fraction of sp³-hybridized carbons (Fsp3) is 0.222. The summed E-state index contributed by atoms with van der Waals surface area (Å²) >= 11 is 1.21. The van der Waals surface area contributed by atoms with Crippen molar-refractivity contribution in [2.75, 3.05) is 6.61 Å². The van der Waals surface area contributed by atoms with E-state index >= 15 is 0 Å². The van der Waals surface area contributed by atoms with E-state index in [1.165, 1.54) is 17.3 Å². The number of hydrogen-bond acceptors (Lipinski definition) is 3. The number of ether oxygens (including phenoxy) is 1. The molecule has 2 nitrogen and oxygen atoms in total. The molecule has 62 valence electrons. The second-order valence-electron chi connectivity index (χ2n) is 2.58. The third kappa shape index (κ3) is 1.32. The first-order valence-corrected chi connectivity index (χ1v) is 4.64. The van der Waals surface area contributed by atoms with Gasteiger partial charge in [-0.2, -0.15) is 0 Å². The second kappa shape index (κ2) is 3.19. The van der Waals surface area contributed by atoms with Crippen molar-refractivity contribution in [2.45, 2.75) is 11.3 Å². The van der Waals surface area contributed by atoms with Gasteiger partial charge >= 0.3 is 0 Å². The first kappa shape index (κ1) is 7.68. The van der Waals surface area contributed by atoms with E-state index in [1.54, 1.807) is 0 Å². The van der Waals surface area contributed by atoms with Crippen LogP contribution in [0.5, 0.6) is 5.75 Å². The van der Waals surface area contributed by atoms with Crippen LogP contribution in [0.2, 0.25) is 0 Å². The van der Waals surface area contributed by atoms with Gasteiger partial charge in [0.25, 0.3) is 0 Å². The Labute approximate surface area is 74.9 Å². The average molecular weight is 180 g/mol. The minimum absolute atomic E-state index is 0.768. The van der Waals surface area contributed by atoms with Crippen molar-refractivity contribution in [3.63, 3.8) is 0 Å². The quantitative estimate of drug-likeness (QED) is 0.513. The Kier molecular flexibility index (Phi) is 2.04. The maximum absolute atomic E-state index is 10.2. The van der Waals surface area contributed by atoms with E-state index in [0.717, 1.165) is 29.3 Å². The maximum atomic E-state index is 10.2. The second-order valence-corrected chi connectivity index (χ2v) is 3.48. The van der Waals surface area contributed by atoms with E-state index in [4.69, 9.17) is 4.74 Å². The molecule has 0 bridgehead atoms. The van der Waals surface area contributed by atoms with Crippen LogP contribution in [0.25, 0.3) is 0 Å². The number of carbonyl (C=O) groups is 1. The highest BCUT2D eigenvalue weighted by Gasteiger charge is 2.11. The molecule has 0 unspecified atom stereocenters. The number of fused-ring (bicyclic) bond motifs is 1. The lowest BCUT2D eigenvalue weighted by molar-refractivity contribution is 0.357. The molecule has 0 saturated heterocycles. The summed E-state index contributed by atoms with van der Waals surface area (Å²) in [6, 6.07) is 5.85. The zero-order chi connectivity index (χ0) is 8.39. The highest BCUT2D eigenvalue weighted by atomic mass is 32.2. The summed E-state index contributed by atoms with van der Waals surface area (Å²) in [5, 5.41) is 0. The summed E-state index contributed by atoms with van der Waals surface area (Å²) in [7, 11) is 0. The molecule has 0 amide bonds. The van der Waals surface area contributed by atoms with Crippen molar-refractivity contribution >= 4 is 17.4 Å². The summed E-state index contributed by atoms with van der Waals surface area (Å²) in [5.41, 5.74) is 2.05. The van der Waals surface area contributed by atoms with Gasteiger partial charge in [0.05, 0.1) is 6.61 Å². The zero-order valence-electron chi connectivity index (χ0n) is 6.45. The molecule has 1 aromatic carbocycles. The van der Waals surface area contributed by atoms with Gasteiger partial charge < -0.3 is 4.74 Å². The summed E-state index contributed by atoms with van der Waals surface area (Å²) in [6.45, 7) is 0.768. The summed E-state index contributed by atoms with van der Waals surface area (Å²) in [5.74, 6) is 0.963. The lowest BCUT2D eigenvalue weighted by Gasteiger charge is -1.99. The smallest absolute Gasteiger partial charge is 0.180 e. The number of benzene rings is 1. The van der Waals surface area contributed by atoms with Crippen LogP contribution in [0.15, 0.2) is 23.1 Å². The number of rotatable bonds is 2. The zero-order valence-corrected chi connectivity index (χ0v) is 7.26. The molecule has 0 atom stereocenters. The van der Waals surface area contributed by atoms with Crippen molar-refractivity contribution < 1.29 is 9.53 Å². The van der Waals surface area contributed by atoms with Crippen molar-refractivity contribution in [2.24, 2.45) is 0 Å². The van der Waals surface area contributed by atoms with Gasteiger partial charge in [-0.1, -0.05) is 11.8 Å². The van der Waals surface area contributed by atoms with E-state index in [1.807, 2.05) is 18.2 Å². The molecule has 0 saturated carbocycles. The number of thioether (sulfide) groups is 1. The Hall–Kier alpha value is -0.960. The van der Waals surface area contributed by atoms with Gasteiger partial charge in [-0.15, -0.1) is 0 Å². The van der Waals surface area contributed by atoms with E-state index in [2.05, 4.69) is 0 Å². The van der Waals surface area contributed by atoms with Crippen LogP contribution in [0.1, 0.15) is 5.56 Å². The Balaban J connectivity index is 2.32. The van der Waals surface area contributed by atoms with Gasteiger partial charge in [-0.25, -0.2) is 0 Å². The Bertz CT molecular complexity index is 309. The van der Waals surface area contributed by atoms with Crippen molar-refractivity contribution in [3.05, 3.63) is 23.8 Å². The van der Waals surface area contributed by atoms with Crippen molar-refractivity contribution in [1.29, 1.82) is 0 Å². The minimum Gasteiger partial charge on any atom is -0.493 e. The molecule has 3 heteroatoms. The SMILES string of the molecule is O=CSc1ccc2c(c1)CCO2. The van der Waals surface area contributed by atoms with Gasteiger partial charge in [-0.05, 0) is 23.8 Å². The first-order valence-electron chi connectivity index (χ1n) is 3.76. The first-order chi connectivity index (χ1) is 5.90. The molecule has 1 aliphatic heterocycles. The predicted molar refractivity (Wildman–Crippen MR) is 48.2 cm³/mol. The summed E-state index contributed by atoms with van der Waals surface area (Å²) in [4.78, 5) is 11.2. The fourth-order valence-electron chi connectivity index (χ4n) is 1.29. The van der Waals surface area contributed by atoms with Crippen LogP contribution in [-0.2, 0) is 11.2 Å². The topological polar surface area (TPSA) is 26.3 Å². The molecule has 1 aliphatic rings. The van der Waals surface area contributed by atoms with Gasteiger partial charge in [0, 0.05) is 11.3 Å². The average Bonchev–Trinajstić information content (AvgIpc) is 2.51. The van der Waals surface area contributed by atoms with E-state index < -0.39 is 0 Å². The molecular formula is C9H8O2S. The largest absolute Gasteiger partial charge is 0.493 e. The molecular weight excluding hydrogens is 172 g/mol. The Morgan fingerprint density at radius 2 is 2.42 bits per heavy atom. The fourth-order valence-corrected chi connectivity index (χ4v) is 1.76. The highest BCUT2D eigenvalue weighted by Crippen LogP contribution is 2.28.